The average Bonchev–Trinajstić information content (AvgIpc) is 3.38. The Kier molecular flexibility index (Phi) is 7.53. The maximum absolute atomic E-state index is 13.3. The van der Waals surface area contributed by atoms with Gasteiger partial charge in [0.15, 0.2) is 9.84 Å². The molecule has 0 saturated carbocycles. The van der Waals surface area contributed by atoms with Crippen molar-refractivity contribution in [2.75, 3.05) is 37.6 Å². The molecule has 35 heavy (non-hydrogen) atoms. The number of thiophene rings is 1. The number of hydrogen-bond donors (Lipinski definition) is 0. The molecule has 3 heterocycles. The fourth-order valence-electron chi connectivity index (χ4n) is 5.05. The van der Waals surface area contributed by atoms with Gasteiger partial charge in [0.1, 0.15) is 10.0 Å². The molecule has 0 radical (unpaired) electrons. The zero-order chi connectivity index (χ0) is 24.3. The molecule has 5 nitrogen and oxygen atoms in total. The van der Waals surface area contributed by atoms with Gasteiger partial charge in [-0.25, -0.2) is 12.8 Å². The van der Waals surface area contributed by atoms with Gasteiger partial charge in [-0.3, -0.25) is 4.90 Å². The van der Waals surface area contributed by atoms with E-state index in [1.807, 2.05) is 53.9 Å². The molecular formula is C27H31FN2O3S2. The number of halogens is 1. The molecule has 0 amide bonds. The average molecular weight is 515 g/mol. The van der Waals surface area contributed by atoms with E-state index in [1.54, 1.807) is 0 Å². The minimum atomic E-state index is -3.33. The summed E-state index contributed by atoms with van der Waals surface area (Å²) < 4.78 is 46.5. The second-order valence-electron chi connectivity index (χ2n) is 9.30. The summed E-state index contributed by atoms with van der Waals surface area (Å²) in [7, 11) is -3.33. The van der Waals surface area contributed by atoms with Gasteiger partial charge in [0.05, 0.1) is 18.0 Å². The molecule has 2 unspecified atom stereocenters. The third kappa shape index (κ3) is 5.61. The van der Waals surface area contributed by atoms with Crippen LogP contribution in [0.3, 0.4) is 0 Å². The van der Waals surface area contributed by atoms with Crippen LogP contribution in [0.25, 0.3) is 0 Å². The first-order valence-electron chi connectivity index (χ1n) is 12.2. The molecule has 0 N–H and O–H groups in total. The normalized spacial score (nSPS) is 22.1. The van der Waals surface area contributed by atoms with E-state index in [0.717, 1.165) is 56.0 Å². The minimum absolute atomic E-state index is 0.191. The highest BCUT2D eigenvalue weighted by atomic mass is 32.2. The maximum Gasteiger partial charge on any atom is 0.191 e. The minimum Gasteiger partial charge on any atom is -0.369 e. The van der Waals surface area contributed by atoms with E-state index in [-0.39, 0.29) is 11.9 Å². The van der Waals surface area contributed by atoms with Crippen molar-refractivity contribution in [3.63, 3.8) is 0 Å². The molecule has 5 rings (SSSR count). The molecule has 0 spiro atoms. The van der Waals surface area contributed by atoms with E-state index in [2.05, 4.69) is 9.80 Å². The molecule has 2 aromatic carbocycles. The second kappa shape index (κ2) is 10.8. The number of rotatable bonds is 8. The monoisotopic (exact) mass is 514 g/mol. The molecule has 0 bridgehead atoms. The van der Waals surface area contributed by atoms with Crippen LogP contribution < -0.4 is 4.90 Å². The highest BCUT2D eigenvalue weighted by Gasteiger charge is 2.40. The predicted octanol–water partition coefficient (Wildman–Crippen LogP) is 5.29. The summed E-state index contributed by atoms with van der Waals surface area (Å²) in [4.78, 5) is 4.67. The highest BCUT2D eigenvalue weighted by molar-refractivity contribution is 7.94. The van der Waals surface area contributed by atoms with Crippen LogP contribution >= 0.6 is 11.3 Å². The Bertz CT molecular complexity index is 1210. The molecule has 1 saturated heterocycles. The Labute approximate surface area is 211 Å². The largest absolute Gasteiger partial charge is 0.369 e. The molecule has 2 aliphatic heterocycles. The van der Waals surface area contributed by atoms with Crippen molar-refractivity contribution in [1.82, 2.24) is 4.90 Å². The zero-order valence-electron chi connectivity index (χ0n) is 19.7. The summed E-state index contributed by atoms with van der Waals surface area (Å²) in [5.41, 5.74) is 2.96. The van der Waals surface area contributed by atoms with E-state index in [4.69, 9.17) is 4.74 Å². The third-order valence-electron chi connectivity index (χ3n) is 7.04. The number of anilines is 1. The van der Waals surface area contributed by atoms with Crippen LogP contribution in [0.4, 0.5) is 10.1 Å². The van der Waals surface area contributed by atoms with Crippen LogP contribution in [0.15, 0.2) is 70.3 Å². The zero-order valence-corrected chi connectivity index (χ0v) is 21.3. The summed E-state index contributed by atoms with van der Waals surface area (Å²) >= 11 is 1.31. The third-order valence-corrected chi connectivity index (χ3v) is 10.8. The van der Waals surface area contributed by atoms with Gasteiger partial charge >= 0.3 is 0 Å². The molecule has 1 fully saturated rings. The Morgan fingerprint density at radius 1 is 0.971 bits per heavy atom. The Hall–Kier alpha value is -2.26. The molecular weight excluding hydrogens is 483 g/mol. The van der Waals surface area contributed by atoms with E-state index in [1.165, 1.54) is 23.5 Å². The van der Waals surface area contributed by atoms with Gasteiger partial charge in [-0.15, -0.1) is 11.3 Å². The van der Waals surface area contributed by atoms with Crippen molar-refractivity contribution in [1.29, 1.82) is 0 Å². The molecule has 1 aromatic heterocycles. The lowest BCUT2D eigenvalue weighted by atomic mass is 10.0. The van der Waals surface area contributed by atoms with Crippen molar-refractivity contribution in [2.45, 2.75) is 41.4 Å². The summed E-state index contributed by atoms with van der Waals surface area (Å²) in [5, 5.41) is 1.46. The molecule has 186 valence electrons. The predicted molar refractivity (Wildman–Crippen MR) is 138 cm³/mol. The number of piperazine rings is 1. The van der Waals surface area contributed by atoms with Gasteiger partial charge < -0.3 is 9.64 Å². The van der Waals surface area contributed by atoms with Crippen molar-refractivity contribution >= 4 is 26.9 Å². The number of ether oxygens (including phenoxy) is 1. The first kappa shape index (κ1) is 24.4. The summed E-state index contributed by atoms with van der Waals surface area (Å²) in [6.45, 7) is 4.99. The van der Waals surface area contributed by atoms with Crippen molar-refractivity contribution in [3.05, 3.63) is 83.0 Å². The van der Waals surface area contributed by atoms with Crippen LogP contribution in [-0.2, 0) is 21.2 Å². The quantitative estimate of drug-likeness (QED) is 0.409. The van der Waals surface area contributed by atoms with Gasteiger partial charge in [-0.1, -0.05) is 30.3 Å². The van der Waals surface area contributed by atoms with E-state index >= 15 is 0 Å². The van der Waals surface area contributed by atoms with Crippen LogP contribution in [0.1, 0.15) is 36.5 Å². The van der Waals surface area contributed by atoms with E-state index < -0.39 is 15.1 Å². The number of fused-ring (bicyclic) bond motifs is 1. The number of sulfone groups is 1. The van der Waals surface area contributed by atoms with E-state index in [9.17, 15) is 12.8 Å². The Morgan fingerprint density at radius 3 is 2.46 bits per heavy atom. The van der Waals surface area contributed by atoms with Gasteiger partial charge in [0.2, 0.25) is 0 Å². The van der Waals surface area contributed by atoms with Crippen molar-refractivity contribution in [2.24, 2.45) is 0 Å². The van der Waals surface area contributed by atoms with Crippen LogP contribution in [0.5, 0.6) is 0 Å². The topological polar surface area (TPSA) is 49.9 Å². The van der Waals surface area contributed by atoms with Gasteiger partial charge in [0, 0.05) is 37.4 Å². The first-order chi connectivity index (χ1) is 17.0. The van der Waals surface area contributed by atoms with Gasteiger partial charge in [-0.05, 0) is 67.1 Å². The standard InChI is InChI=1S/C27H31FN2O3S2/c28-22-8-10-23(11-9-22)30-16-14-29(15-17-30)13-4-7-24-19-26(33-20-21-5-2-1-3-6-21)25-12-18-34-27(25)35(24,31)32/h1-3,5-6,8-12,18,24,26H,4,7,13-17,19-20H2. The van der Waals surface area contributed by atoms with Crippen molar-refractivity contribution < 1.29 is 17.5 Å². The number of benzene rings is 2. The molecule has 3 aromatic rings. The lowest BCUT2D eigenvalue weighted by Gasteiger charge is -2.36. The molecule has 2 atom stereocenters. The molecule has 2 aliphatic rings. The summed E-state index contributed by atoms with van der Waals surface area (Å²) in [6.07, 6.45) is 1.80. The van der Waals surface area contributed by atoms with Crippen molar-refractivity contribution in [3.8, 4) is 0 Å². The fourth-order valence-corrected chi connectivity index (χ4v) is 8.57. The van der Waals surface area contributed by atoms with Gasteiger partial charge in [0.25, 0.3) is 0 Å². The van der Waals surface area contributed by atoms with Crippen LogP contribution in [0.2, 0.25) is 0 Å². The van der Waals surface area contributed by atoms with Gasteiger partial charge in [-0.2, -0.15) is 0 Å². The highest BCUT2D eigenvalue weighted by Crippen LogP contribution is 2.43. The van der Waals surface area contributed by atoms with E-state index in [0.29, 0.717) is 23.7 Å². The maximum atomic E-state index is 13.3. The lowest BCUT2D eigenvalue weighted by molar-refractivity contribution is 0.0294. The second-order valence-corrected chi connectivity index (χ2v) is 12.6. The van der Waals surface area contributed by atoms with Crippen LogP contribution in [-0.4, -0.2) is 51.3 Å². The molecule has 0 aliphatic carbocycles. The Morgan fingerprint density at radius 2 is 1.71 bits per heavy atom. The summed E-state index contributed by atoms with van der Waals surface area (Å²) in [6, 6.07) is 18.6. The molecule has 8 heteroatoms. The fraction of sp³-hybridized carbons (Fsp3) is 0.407. The number of hydrogen-bond acceptors (Lipinski definition) is 6. The SMILES string of the molecule is O=S1(=O)c2sccc2C(OCc2ccccc2)CC1CCCN1CCN(c2ccc(F)cc2)CC1. The first-order valence-corrected chi connectivity index (χ1v) is 14.6. The van der Waals surface area contributed by atoms with Crippen LogP contribution in [0, 0.1) is 5.82 Å². The Balaban J connectivity index is 1.15. The lowest BCUT2D eigenvalue weighted by Crippen LogP contribution is -2.46. The summed E-state index contributed by atoms with van der Waals surface area (Å²) in [5.74, 6) is -0.215. The number of nitrogens with zero attached hydrogens (tertiary/aromatic N) is 2. The smallest absolute Gasteiger partial charge is 0.191 e.